The first-order valence-electron chi connectivity index (χ1n) is 7.68. The lowest BCUT2D eigenvalue weighted by Crippen LogP contribution is -2.24. The molecule has 5 nitrogen and oxygen atoms in total. The number of rotatable bonds is 3. The maximum absolute atomic E-state index is 12.9. The highest BCUT2D eigenvalue weighted by Gasteiger charge is 2.33. The Morgan fingerprint density at radius 1 is 1.07 bits per heavy atom. The second-order valence-corrected chi connectivity index (χ2v) is 6.47. The number of anilines is 1. The van der Waals surface area contributed by atoms with Crippen LogP contribution in [0.2, 0.25) is 10.0 Å². The van der Waals surface area contributed by atoms with Crippen molar-refractivity contribution in [2.45, 2.75) is 6.18 Å². The van der Waals surface area contributed by atoms with E-state index >= 15 is 0 Å². The molecule has 0 saturated carbocycles. The summed E-state index contributed by atoms with van der Waals surface area (Å²) in [7, 11) is 0. The molecular weight excluding hydrogens is 418 g/mol. The van der Waals surface area contributed by atoms with E-state index in [1.165, 1.54) is 6.07 Å². The lowest BCUT2D eigenvalue weighted by Gasteiger charge is -2.11. The fraction of sp³-hybridized carbons (Fsp3) is 0.0556. The summed E-state index contributed by atoms with van der Waals surface area (Å²) in [6.45, 7) is 0. The van der Waals surface area contributed by atoms with Gasteiger partial charge in [-0.1, -0.05) is 23.2 Å². The van der Waals surface area contributed by atoms with Crippen molar-refractivity contribution >= 4 is 34.8 Å². The molecule has 3 rings (SSSR count). The molecule has 144 valence electrons. The number of carbonyl (C=O) groups excluding carboxylic acids is 1. The Morgan fingerprint density at radius 2 is 1.75 bits per heavy atom. The minimum absolute atomic E-state index is 0.164. The molecule has 10 heteroatoms. The minimum Gasteiger partial charge on any atom is -0.322 e. The molecular formula is C18H10Cl2F3N3O2. The minimum atomic E-state index is -4.68. The molecule has 3 aromatic rings. The van der Waals surface area contributed by atoms with Gasteiger partial charge in [-0.25, -0.2) is 4.98 Å². The van der Waals surface area contributed by atoms with Crippen LogP contribution in [-0.2, 0) is 6.18 Å². The molecule has 1 heterocycles. The number of hydrogen-bond acceptors (Lipinski definition) is 3. The molecule has 0 bridgehead atoms. The molecule has 0 fully saturated rings. The Balaban J connectivity index is 1.86. The number of carbonyl (C=O) groups is 1. The summed E-state index contributed by atoms with van der Waals surface area (Å²) in [6, 6.07) is 9.36. The van der Waals surface area contributed by atoms with Crippen molar-refractivity contribution < 1.29 is 18.0 Å². The Kier molecular flexibility index (Phi) is 5.44. The lowest BCUT2D eigenvalue weighted by atomic mass is 10.2. The van der Waals surface area contributed by atoms with Gasteiger partial charge in [0.1, 0.15) is 11.4 Å². The van der Waals surface area contributed by atoms with Crippen LogP contribution >= 0.6 is 23.2 Å². The highest BCUT2D eigenvalue weighted by molar-refractivity contribution is 6.31. The van der Waals surface area contributed by atoms with E-state index in [2.05, 4.69) is 15.3 Å². The van der Waals surface area contributed by atoms with Gasteiger partial charge in [-0.05, 0) is 42.5 Å². The van der Waals surface area contributed by atoms with Crippen LogP contribution in [0.1, 0.15) is 15.9 Å². The van der Waals surface area contributed by atoms with Crippen molar-refractivity contribution in [2.24, 2.45) is 0 Å². The summed E-state index contributed by atoms with van der Waals surface area (Å²) in [5, 5.41) is 2.23. The summed E-state index contributed by atoms with van der Waals surface area (Å²) < 4.78 is 38.7. The van der Waals surface area contributed by atoms with Gasteiger partial charge in [0, 0.05) is 22.5 Å². The van der Waals surface area contributed by atoms with E-state index < -0.39 is 28.2 Å². The standard InChI is InChI=1S/C18H10Cl2F3N3O2/c19-10-3-1-9(2-4-10)15-24-8-12(17(28)26-15)16(27)25-11-5-6-14(20)13(7-11)18(21,22)23/h1-8H,(H,25,27)(H,24,26,28). The molecule has 1 aromatic heterocycles. The highest BCUT2D eigenvalue weighted by atomic mass is 35.5. The number of halogens is 5. The van der Waals surface area contributed by atoms with Crippen molar-refractivity contribution in [3.8, 4) is 11.4 Å². The predicted octanol–water partition coefficient (Wildman–Crippen LogP) is 5.01. The summed E-state index contributed by atoms with van der Waals surface area (Å²) in [6.07, 6.45) is -3.64. The number of amides is 1. The number of nitrogens with zero attached hydrogens (tertiary/aromatic N) is 1. The first kappa shape index (κ1) is 19.9. The number of H-pyrrole nitrogens is 1. The molecule has 0 atom stereocenters. The molecule has 0 saturated heterocycles. The third-order valence-electron chi connectivity index (χ3n) is 3.69. The molecule has 2 N–H and O–H groups in total. The van der Waals surface area contributed by atoms with Crippen molar-refractivity contribution in [2.75, 3.05) is 5.32 Å². The normalized spacial score (nSPS) is 11.3. The van der Waals surface area contributed by atoms with Crippen LogP contribution in [0.3, 0.4) is 0 Å². The van der Waals surface area contributed by atoms with Crippen molar-refractivity contribution in [1.29, 1.82) is 0 Å². The fourth-order valence-electron chi connectivity index (χ4n) is 2.33. The van der Waals surface area contributed by atoms with Gasteiger partial charge < -0.3 is 10.3 Å². The average Bonchev–Trinajstić information content (AvgIpc) is 2.62. The summed E-state index contributed by atoms with van der Waals surface area (Å²) in [5.74, 6) is -0.698. The van der Waals surface area contributed by atoms with Gasteiger partial charge in [0.05, 0.1) is 10.6 Å². The molecule has 0 aliphatic rings. The van der Waals surface area contributed by atoms with E-state index in [1.54, 1.807) is 24.3 Å². The third-order valence-corrected chi connectivity index (χ3v) is 4.27. The first-order chi connectivity index (χ1) is 13.1. The second-order valence-electron chi connectivity index (χ2n) is 5.63. The van der Waals surface area contributed by atoms with Crippen LogP contribution in [0.15, 0.2) is 53.5 Å². The van der Waals surface area contributed by atoms with Gasteiger partial charge in [-0.15, -0.1) is 0 Å². The van der Waals surface area contributed by atoms with E-state index in [4.69, 9.17) is 23.2 Å². The zero-order valence-corrected chi connectivity index (χ0v) is 15.3. The number of aromatic nitrogens is 2. The third kappa shape index (κ3) is 4.35. The zero-order chi connectivity index (χ0) is 20.5. The smallest absolute Gasteiger partial charge is 0.322 e. The topological polar surface area (TPSA) is 74.8 Å². The van der Waals surface area contributed by atoms with Gasteiger partial charge >= 0.3 is 6.18 Å². The van der Waals surface area contributed by atoms with E-state index in [0.29, 0.717) is 16.7 Å². The largest absolute Gasteiger partial charge is 0.417 e. The first-order valence-corrected chi connectivity index (χ1v) is 8.44. The number of hydrogen-bond donors (Lipinski definition) is 2. The summed E-state index contributed by atoms with van der Waals surface area (Å²) in [5.41, 5.74) is -1.80. The maximum Gasteiger partial charge on any atom is 0.417 e. The molecule has 0 aliphatic heterocycles. The van der Waals surface area contributed by atoms with Gasteiger partial charge in [-0.2, -0.15) is 13.2 Å². The molecule has 28 heavy (non-hydrogen) atoms. The molecule has 0 unspecified atom stereocenters. The Morgan fingerprint density at radius 3 is 2.36 bits per heavy atom. The van der Waals surface area contributed by atoms with Gasteiger partial charge in [0.15, 0.2) is 0 Å². The quantitative estimate of drug-likeness (QED) is 0.616. The number of benzene rings is 2. The summed E-state index contributed by atoms with van der Waals surface area (Å²) in [4.78, 5) is 30.9. The van der Waals surface area contributed by atoms with Gasteiger partial charge in [0.2, 0.25) is 0 Å². The Hall–Kier alpha value is -2.84. The van der Waals surface area contributed by atoms with Crippen LogP contribution < -0.4 is 10.9 Å². The number of aromatic amines is 1. The van der Waals surface area contributed by atoms with Gasteiger partial charge in [0.25, 0.3) is 11.5 Å². The van der Waals surface area contributed by atoms with E-state index in [-0.39, 0.29) is 17.1 Å². The van der Waals surface area contributed by atoms with Crippen LogP contribution in [0, 0.1) is 0 Å². The molecule has 0 spiro atoms. The molecule has 2 aromatic carbocycles. The van der Waals surface area contributed by atoms with Crippen LogP contribution in [-0.4, -0.2) is 15.9 Å². The van der Waals surface area contributed by atoms with Crippen molar-refractivity contribution in [1.82, 2.24) is 9.97 Å². The average molecular weight is 428 g/mol. The van der Waals surface area contributed by atoms with E-state index in [0.717, 1.165) is 12.3 Å². The van der Waals surface area contributed by atoms with Gasteiger partial charge in [-0.3, -0.25) is 9.59 Å². The number of nitrogens with one attached hydrogen (secondary N) is 2. The molecule has 0 aliphatic carbocycles. The number of alkyl halides is 3. The molecule has 1 amide bonds. The SMILES string of the molecule is O=C(Nc1ccc(Cl)c(C(F)(F)F)c1)c1cnc(-c2ccc(Cl)cc2)[nH]c1=O. The lowest BCUT2D eigenvalue weighted by molar-refractivity contribution is -0.137. The zero-order valence-electron chi connectivity index (χ0n) is 13.8. The Bertz CT molecular complexity index is 1100. The Labute approximate surface area is 166 Å². The van der Waals surface area contributed by atoms with Crippen LogP contribution in [0.4, 0.5) is 18.9 Å². The summed E-state index contributed by atoms with van der Waals surface area (Å²) >= 11 is 11.3. The highest BCUT2D eigenvalue weighted by Crippen LogP contribution is 2.36. The second kappa shape index (κ2) is 7.65. The maximum atomic E-state index is 12.9. The predicted molar refractivity (Wildman–Crippen MR) is 99.7 cm³/mol. The van der Waals surface area contributed by atoms with Crippen LogP contribution in [0.5, 0.6) is 0 Å². The van der Waals surface area contributed by atoms with E-state index in [1.807, 2.05) is 0 Å². The van der Waals surface area contributed by atoms with Crippen molar-refractivity contribution in [3.05, 3.63) is 80.2 Å². The fourth-order valence-corrected chi connectivity index (χ4v) is 2.68. The van der Waals surface area contributed by atoms with Crippen LogP contribution in [0.25, 0.3) is 11.4 Å². The monoisotopic (exact) mass is 427 g/mol. The van der Waals surface area contributed by atoms with Crippen molar-refractivity contribution in [3.63, 3.8) is 0 Å². The molecule has 0 radical (unpaired) electrons. The van der Waals surface area contributed by atoms with E-state index in [9.17, 15) is 22.8 Å².